The molecule has 0 N–H and O–H groups in total. The lowest BCUT2D eigenvalue weighted by Crippen LogP contribution is -2.34. The first kappa shape index (κ1) is 21.3. The number of nitrogens with zero attached hydrogens (tertiary/aromatic N) is 1. The Bertz CT molecular complexity index is 958. The first-order valence-electron chi connectivity index (χ1n) is 9.30. The number of carbonyl (C=O) groups is 2. The second-order valence-electron chi connectivity index (χ2n) is 6.66. The van der Waals surface area contributed by atoms with Crippen molar-refractivity contribution in [3.05, 3.63) is 63.5 Å². The summed E-state index contributed by atoms with van der Waals surface area (Å²) in [4.78, 5) is 26.2. The van der Waals surface area contributed by atoms with E-state index in [4.69, 9.17) is 21.1 Å². The number of hydrogen-bond donors (Lipinski definition) is 0. The number of ether oxygens (including phenoxy) is 2. The smallest absolute Gasteiger partial charge is 0.293 e. The van der Waals surface area contributed by atoms with Gasteiger partial charge in [-0.2, -0.15) is 0 Å². The third-order valence-corrected chi connectivity index (χ3v) is 5.50. The van der Waals surface area contributed by atoms with Crippen molar-refractivity contribution in [2.75, 3.05) is 6.61 Å². The number of carbonyl (C=O) groups excluding carboxylic acids is 2. The van der Waals surface area contributed by atoms with Crippen LogP contribution in [0.3, 0.4) is 0 Å². The van der Waals surface area contributed by atoms with Gasteiger partial charge < -0.3 is 9.47 Å². The summed E-state index contributed by atoms with van der Waals surface area (Å²) in [5.41, 5.74) is 1.64. The average Bonchev–Trinajstić information content (AvgIpc) is 2.96. The fourth-order valence-corrected chi connectivity index (χ4v) is 4.00. The van der Waals surface area contributed by atoms with Gasteiger partial charge in [-0.3, -0.25) is 14.5 Å². The molecule has 1 aliphatic rings. The zero-order valence-corrected chi connectivity index (χ0v) is 18.0. The maximum atomic E-state index is 12.5. The normalized spacial score (nSPS) is 15.5. The van der Waals surface area contributed by atoms with E-state index >= 15 is 0 Å². The molecule has 0 atom stereocenters. The van der Waals surface area contributed by atoms with Gasteiger partial charge in [0.1, 0.15) is 6.61 Å². The van der Waals surface area contributed by atoms with Crippen molar-refractivity contribution >= 4 is 40.6 Å². The largest absolute Gasteiger partial charge is 0.490 e. The molecule has 3 rings (SSSR count). The van der Waals surface area contributed by atoms with Gasteiger partial charge in [0.2, 0.25) is 0 Å². The summed E-state index contributed by atoms with van der Waals surface area (Å²) in [5.74, 6) is 0.877. The molecule has 2 amide bonds. The van der Waals surface area contributed by atoms with Gasteiger partial charge in [0, 0.05) is 16.6 Å². The highest BCUT2D eigenvalue weighted by Crippen LogP contribution is 2.35. The number of benzene rings is 2. The molecule has 2 aromatic rings. The second-order valence-corrected chi connectivity index (χ2v) is 8.07. The highest BCUT2D eigenvalue weighted by molar-refractivity contribution is 8.18. The Labute approximate surface area is 179 Å². The van der Waals surface area contributed by atoms with Gasteiger partial charge in [-0.1, -0.05) is 35.9 Å². The lowest BCUT2D eigenvalue weighted by atomic mass is 10.1. The monoisotopic (exact) mass is 431 g/mol. The zero-order valence-electron chi connectivity index (χ0n) is 16.5. The standard InChI is InChI=1S/C22H22ClNO4S/c1-4-27-19-11-15(12-20-21(25)24(14(2)3)22(26)29-20)9-10-18(19)28-13-16-7-5-6-8-17(16)23/h5-12,14H,4,13H2,1-3H3/b20-12+. The first-order valence-corrected chi connectivity index (χ1v) is 10.5. The predicted molar refractivity (Wildman–Crippen MR) is 116 cm³/mol. The molecule has 1 heterocycles. The highest BCUT2D eigenvalue weighted by Gasteiger charge is 2.36. The molecule has 7 heteroatoms. The fraction of sp³-hybridized carbons (Fsp3) is 0.273. The van der Waals surface area contributed by atoms with E-state index in [0.29, 0.717) is 34.6 Å². The molecule has 5 nitrogen and oxygen atoms in total. The summed E-state index contributed by atoms with van der Waals surface area (Å²) < 4.78 is 11.6. The predicted octanol–water partition coefficient (Wildman–Crippen LogP) is 5.76. The van der Waals surface area contributed by atoms with Gasteiger partial charge in [0.05, 0.1) is 11.5 Å². The number of amides is 2. The third-order valence-electron chi connectivity index (χ3n) is 4.25. The molecule has 0 radical (unpaired) electrons. The van der Waals surface area contributed by atoms with E-state index in [2.05, 4.69) is 0 Å². The van der Waals surface area contributed by atoms with Crippen LogP contribution >= 0.6 is 23.4 Å². The van der Waals surface area contributed by atoms with E-state index in [-0.39, 0.29) is 17.2 Å². The quantitative estimate of drug-likeness (QED) is 0.521. The Balaban J connectivity index is 1.82. The minimum Gasteiger partial charge on any atom is -0.490 e. The van der Waals surface area contributed by atoms with Crippen LogP contribution in [-0.4, -0.2) is 28.7 Å². The van der Waals surface area contributed by atoms with Crippen LogP contribution in [-0.2, 0) is 11.4 Å². The van der Waals surface area contributed by atoms with E-state index < -0.39 is 0 Å². The number of halogens is 1. The van der Waals surface area contributed by atoms with E-state index in [0.717, 1.165) is 22.9 Å². The van der Waals surface area contributed by atoms with Crippen LogP contribution in [0, 0.1) is 0 Å². The van der Waals surface area contributed by atoms with Gasteiger partial charge in [-0.25, -0.2) is 0 Å². The minimum absolute atomic E-state index is 0.173. The molecule has 152 valence electrons. The van der Waals surface area contributed by atoms with Crippen molar-refractivity contribution in [3.8, 4) is 11.5 Å². The first-order chi connectivity index (χ1) is 13.9. The van der Waals surface area contributed by atoms with E-state index in [1.165, 1.54) is 4.90 Å². The Morgan fingerprint density at radius 1 is 1.10 bits per heavy atom. The molecule has 1 aliphatic heterocycles. The van der Waals surface area contributed by atoms with Gasteiger partial charge in [0.25, 0.3) is 11.1 Å². The number of hydrogen-bond acceptors (Lipinski definition) is 5. The topological polar surface area (TPSA) is 55.8 Å². The molecule has 0 bridgehead atoms. The van der Waals surface area contributed by atoms with E-state index in [1.54, 1.807) is 18.2 Å². The van der Waals surface area contributed by atoms with E-state index in [9.17, 15) is 9.59 Å². The summed E-state index contributed by atoms with van der Waals surface area (Å²) in [5, 5.41) is 0.393. The van der Waals surface area contributed by atoms with Crippen molar-refractivity contribution in [1.29, 1.82) is 0 Å². The van der Waals surface area contributed by atoms with Crippen molar-refractivity contribution in [2.45, 2.75) is 33.4 Å². The average molecular weight is 432 g/mol. The van der Waals surface area contributed by atoms with Crippen LogP contribution in [0.1, 0.15) is 31.9 Å². The summed E-state index contributed by atoms with van der Waals surface area (Å²) in [6.45, 7) is 6.30. The van der Waals surface area contributed by atoms with Gasteiger partial charge >= 0.3 is 0 Å². The van der Waals surface area contributed by atoms with Gasteiger partial charge in [-0.15, -0.1) is 0 Å². The minimum atomic E-state index is -0.271. The molecule has 1 saturated heterocycles. The Kier molecular flexibility index (Phi) is 6.87. The van der Waals surface area contributed by atoms with Crippen LogP contribution in [0.25, 0.3) is 6.08 Å². The molecule has 1 fully saturated rings. The number of imide groups is 1. The zero-order chi connectivity index (χ0) is 21.0. The summed E-state index contributed by atoms with van der Waals surface area (Å²) in [6, 6.07) is 12.7. The second kappa shape index (κ2) is 9.37. The van der Waals surface area contributed by atoms with Crippen LogP contribution in [0.4, 0.5) is 4.79 Å². The van der Waals surface area contributed by atoms with Crippen molar-refractivity contribution < 1.29 is 19.1 Å². The third kappa shape index (κ3) is 4.95. The maximum Gasteiger partial charge on any atom is 0.293 e. The molecule has 0 aromatic heterocycles. The molecule has 29 heavy (non-hydrogen) atoms. The maximum absolute atomic E-state index is 12.5. The Hall–Kier alpha value is -2.44. The molecular weight excluding hydrogens is 410 g/mol. The van der Waals surface area contributed by atoms with Crippen molar-refractivity contribution in [1.82, 2.24) is 4.90 Å². The molecule has 0 unspecified atom stereocenters. The Morgan fingerprint density at radius 2 is 1.86 bits per heavy atom. The fourth-order valence-electron chi connectivity index (χ4n) is 2.85. The molecule has 2 aromatic carbocycles. The molecule has 0 aliphatic carbocycles. The van der Waals surface area contributed by atoms with Crippen LogP contribution in [0.2, 0.25) is 5.02 Å². The lowest BCUT2D eigenvalue weighted by Gasteiger charge is -2.16. The lowest BCUT2D eigenvalue weighted by molar-refractivity contribution is -0.123. The summed E-state index contributed by atoms with van der Waals surface area (Å²) in [6.07, 6.45) is 1.70. The number of rotatable bonds is 7. The highest BCUT2D eigenvalue weighted by atomic mass is 35.5. The van der Waals surface area contributed by atoms with Gasteiger partial charge in [0.15, 0.2) is 11.5 Å². The Morgan fingerprint density at radius 3 is 2.52 bits per heavy atom. The SMILES string of the molecule is CCOc1cc(/C=C2/SC(=O)N(C(C)C)C2=O)ccc1OCc1ccccc1Cl. The molecule has 0 spiro atoms. The molecule has 0 saturated carbocycles. The van der Waals surface area contributed by atoms with Crippen molar-refractivity contribution in [2.24, 2.45) is 0 Å². The van der Waals surface area contributed by atoms with Gasteiger partial charge in [-0.05, 0) is 62.4 Å². The van der Waals surface area contributed by atoms with Crippen LogP contribution < -0.4 is 9.47 Å². The van der Waals surface area contributed by atoms with Crippen LogP contribution in [0.5, 0.6) is 11.5 Å². The molecular formula is C22H22ClNO4S. The van der Waals surface area contributed by atoms with Crippen molar-refractivity contribution in [3.63, 3.8) is 0 Å². The van der Waals surface area contributed by atoms with Crippen LogP contribution in [0.15, 0.2) is 47.4 Å². The summed E-state index contributed by atoms with van der Waals surface area (Å²) >= 11 is 7.14. The summed E-state index contributed by atoms with van der Waals surface area (Å²) in [7, 11) is 0. The number of thioether (sulfide) groups is 1. The van der Waals surface area contributed by atoms with E-state index in [1.807, 2.05) is 51.1 Å².